The first-order valence-corrected chi connectivity index (χ1v) is 17.6. The van der Waals surface area contributed by atoms with Crippen LogP contribution in [0.4, 0.5) is 15.8 Å². The summed E-state index contributed by atoms with van der Waals surface area (Å²) in [5.41, 5.74) is 4.58. The van der Waals surface area contributed by atoms with E-state index >= 15 is 0 Å². The van der Waals surface area contributed by atoms with Gasteiger partial charge in [-0.1, -0.05) is 32.1 Å². The number of anilines is 2. The second-order valence-electron chi connectivity index (χ2n) is 12.7. The Morgan fingerprint density at radius 1 is 0.976 bits per heavy atom. The van der Waals surface area contributed by atoms with Crippen molar-refractivity contribution in [1.29, 1.82) is 5.41 Å². The van der Waals surface area contributed by atoms with Gasteiger partial charge in [-0.2, -0.15) is 0 Å². The van der Waals surface area contributed by atoms with Crippen molar-refractivity contribution in [3.63, 3.8) is 0 Å². The molecule has 2 unspecified atom stereocenters. The van der Waals surface area contributed by atoms with Gasteiger partial charge < -0.3 is 15.5 Å². The molecule has 2 N–H and O–H groups in total. The summed E-state index contributed by atoms with van der Waals surface area (Å²) >= 11 is 0. The minimum absolute atomic E-state index is 0.0732. The molecule has 5 rings (SSSR count). The van der Waals surface area contributed by atoms with Crippen molar-refractivity contribution < 1.29 is 17.5 Å². The highest BCUT2D eigenvalue weighted by atomic mass is 32.2. The fraction of sp³-hybridized carbons (Fsp3) is 0.618. The van der Waals surface area contributed by atoms with Crippen molar-refractivity contribution in [2.75, 3.05) is 31.6 Å². The number of sulfonamides is 1. The summed E-state index contributed by atoms with van der Waals surface area (Å²) in [6.45, 7) is 4.42. The van der Waals surface area contributed by atoms with E-state index in [0.717, 1.165) is 73.2 Å². The van der Waals surface area contributed by atoms with Gasteiger partial charge in [-0.3, -0.25) is 0 Å². The lowest BCUT2D eigenvalue weighted by molar-refractivity contribution is 0.116. The first kappa shape index (κ1) is 31.1. The Labute approximate surface area is 252 Å². The van der Waals surface area contributed by atoms with Crippen LogP contribution in [0.2, 0.25) is 0 Å². The number of nitrogens with zero attached hydrogens (tertiary/aromatic N) is 1. The lowest BCUT2D eigenvalue weighted by atomic mass is 9.75. The molecule has 3 aliphatic rings. The van der Waals surface area contributed by atoms with Gasteiger partial charge in [0, 0.05) is 55.4 Å². The van der Waals surface area contributed by atoms with E-state index in [0.29, 0.717) is 44.4 Å². The molecule has 0 spiro atoms. The molecule has 2 aliphatic heterocycles. The van der Waals surface area contributed by atoms with Gasteiger partial charge in [0.25, 0.3) is 0 Å². The minimum atomic E-state index is -3.47. The molecule has 0 radical (unpaired) electrons. The lowest BCUT2D eigenvalue weighted by Gasteiger charge is -2.38. The first-order valence-electron chi connectivity index (χ1n) is 16.1. The Balaban J connectivity index is 1.48. The summed E-state index contributed by atoms with van der Waals surface area (Å²) in [5.74, 6) is 0.902. The van der Waals surface area contributed by atoms with Gasteiger partial charge >= 0.3 is 0 Å². The highest BCUT2D eigenvalue weighted by molar-refractivity contribution is 7.89. The minimum Gasteiger partial charge on any atom is -0.381 e. The van der Waals surface area contributed by atoms with Crippen LogP contribution >= 0.6 is 0 Å². The third-order valence-corrected chi connectivity index (χ3v) is 12.2. The molecule has 0 amide bonds. The molecule has 42 heavy (non-hydrogen) atoms. The zero-order chi connectivity index (χ0) is 29.5. The predicted octanol–water partition coefficient (Wildman–Crippen LogP) is 7.93. The van der Waals surface area contributed by atoms with E-state index in [2.05, 4.69) is 24.4 Å². The van der Waals surface area contributed by atoms with Gasteiger partial charge in [0.1, 0.15) is 5.82 Å². The molecule has 6 nitrogen and oxygen atoms in total. The van der Waals surface area contributed by atoms with E-state index in [1.807, 2.05) is 4.31 Å². The van der Waals surface area contributed by atoms with E-state index < -0.39 is 10.0 Å². The van der Waals surface area contributed by atoms with Crippen molar-refractivity contribution in [2.24, 2.45) is 11.8 Å². The Morgan fingerprint density at radius 2 is 1.71 bits per heavy atom. The standard InChI is InChI=1S/C34H48FN3O3S/c1-25-20-34(37-30-14-12-29(35)13-15-30)28(23-36)22-32(25)33-24-38(42(39,40)31-11-5-7-18-41-19-16-31)17-6-4-10-27(33)21-26-8-2-3-9-26/h12-15,20,22-23,26-27,31,33,36-37H,2-11,16-19,21,24H2,1H3/t27?,31?,33-/m0/s1. The molecule has 0 aromatic heterocycles. The zero-order valence-electron chi connectivity index (χ0n) is 25.1. The topological polar surface area (TPSA) is 82.5 Å². The number of hydrogen-bond donors (Lipinski definition) is 2. The Kier molecular flexibility index (Phi) is 10.7. The Bertz CT molecular complexity index is 1290. The number of nitrogens with one attached hydrogen (secondary N) is 2. The first-order chi connectivity index (χ1) is 20.3. The number of ether oxygens (including phenoxy) is 1. The number of hydrogen-bond acceptors (Lipinski definition) is 5. The summed E-state index contributed by atoms with van der Waals surface area (Å²) < 4.78 is 49.4. The second kappa shape index (κ2) is 14.5. The fourth-order valence-electron chi connectivity index (χ4n) is 7.50. The van der Waals surface area contributed by atoms with Crippen LogP contribution in [-0.4, -0.2) is 50.5 Å². The highest BCUT2D eigenvalue weighted by Crippen LogP contribution is 2.42. The van der Waals surface area contributed by atoms with E-state index in [1.165, 1.54) is 44.0 Å². The van der Waals surface area contributed by atoms with Gasteiger partial charge in [-0.05, 0) is 111 Å². The summed E-state index contributed by atoms with van der Waals surface area (Å²) in [5, 5.41) is 11.2. The Morgan fingerprint density at radius 3 is 2.48 bits per heavy atom. The summed E-state index contributed by atoms with van der Waals surface area (Å²) in [4.78, 5) is 0. The van der Waals surface area contributed by atoms with E-state index in [9.17, 15) is 12.8 Å². The third kappa shape index (κ3) is 7.61. The molecule has 2 aromatic carbocycles. The molecular formula is C34H48FN3O3S. The van der Waals surface area contributed by atoms with E-state index in [4.69, 9.17) is 10.1 Å². The fourth-order valence-corrected chi connectivity index (χ4v) is 9.53. The quantitative estimate of drug-likeness (QED) is 0.303. The van der Waals surface area contributed by atoms with Gasteiger partial charge in [0.05, 0.1) is 5.25 Å². The molecular weight excluding hydrogens is 549 g/mol. The zero-order valence-corrected chi connectivity index (χ0v) is 25.9. The van der Waals surface area contributed by atoms with Gasteiger partial charge in [-0.15, -0.1) is 0 Å². The molecule has 0 bridgehead atoms. The monoisotopic (exact) mass is 597 g/mol. The van der Waals surface area contributed by atoms with Gasteiger partial charge in [0.15, 0.2) is 0 Å². The van der Waals surface area contributed by atoms with Crippen molar-refractivity contribution in [1.82, 2.24) is 4.31 Å². The van der Waals surface area contributed by atoms with Crippen LogP contribution in [0, 0.1) is 30.0 Å². The van der Waals surface area contributed by atoms with Crippen LogP contribution in [0.5, 0.6) is 0 Å². The SMILES string of the molecule is Cc1cc(Nc2ccc(F)cc2)c(C=N)cc1[C@H]1CN(S(=O)(=O)C2CCCCOCC2)CCCCC1CC1CCCC1. The average molecular weight is 598 g/mol. The van der Waals surface area contributed by atoms with Gasteiger partial charge in [0.2, 0.25) is 10.0 Å². The van der Waals surface area contributed by atoms with Crippen molar-refractivity contribution in [3.8, 4) is 0 Å². The summed E-state index contributed by atoms with van der Waals surface area (Å²) in [7, 11) is -3.47. The van der Waals surface area contributed by atoms with Crippen LogP contribution < -0.4 is 5.32 Å². The van der Waals surface area contributed by atoms with Crippen LogP contribution in [-0.2, 0) is 14.8 Å². The molecule has 3 fully saturated rings. The molecule has 2 heterocycles. The number of aryl methyl sites for hydroxylation is 1. The van der Waals surface area contributed by atoms with Crippen molar-refractivity contribution in [2.45, 2.75) is 95.1 Å². The normalized spacial score (nSPS) is 25.2. The summed E-state index contributed by atoms with van der Waals surface area (Å²) in [6, 6.07) is 10.4. The largest absolute Gasteiger partial charge is 0.381 e. The molecule has 2 saturated heterocycles. The maximum atomic E-state index is 14.2. The second-order valence-corrected chi connectivity index (χ2v) is 15.0. The third-order valence-electron chi connectivity index (χ3n) is 9.86. The van der Waals surface area contributed by atoms with E-state index in [-0.39, 0.29) is 17.0 Å². The maximum absolute atomic E-state index is 14.2. The van der Waals surface area contributed by atoms with Crippen LogP contribution in [0.3, 0.4) is 0 Å². The molecule has 1 aliphatic carbocycles. The molecule has 2 aromatic rings. The Hall–Kier alpha value is -2.29. The van der Waals surface area contributed by atoms with Gasteiger partial charge in [-0.25, -0.2) is 17.1 Å². The van der Waals surface area contributed by atoms with Crippen molar-refractivity contribution >= 4 is 27.6 Å². The van der Waals surface area contributed by atoms with Crippen LogP contribution in [0.25, 0.3) is 0 Å². The summed E-state index contributed by atoms with van der Waals surface area (Å²) in [6.07, 6.45) is 13.8. The average Bonchev–Trinajstić information content (AvgIpc) is 3.45. The number of rotatable bonds is 8. The lowest BCUT2D eigenvalue weighted by Crippen LogP contribution is -2.44. The van der Waals surface area contributed by atoms with Crippen LogP contribution in [0.1, 0.15) is 99.7 Å². The number of halogens is 1. The molecule has 3 atom stereocenters. The van der Waals surface area contributed by atoms with Crippen molar-refractivity contribution in [3.05, 3.63) is 58.9 Å². The van der Waals surface area contributed by atoms with Crippen LogP contribution in [0.15, 0.2) is 36.4 Å². The predicted molar refractivity (Wildman–Crippen MR) is 169 cm³/mol. The number of benzene rings is 2. The molecule has 8 heteroatoms. The molecule has 230 valence electrons. The molecule has 1 saturated carbocycles. The highest BCUT2D eigenvalue weighted by Gasteiger charge is 2.38. The maximum Gasteiger partial charge on any atom is 0.217 e. The smallest absolute Gasteiger partial charge is 0.217 e. The van der Waals surface area contributed by atoms with E-state index in [1.54, 1.807) is 12.1 Å².